The summed E-state index contributed by atoms with van der Waals surface area (Å²) in [4.78, 5) is 4.22. The van der Waals surface area contributed by atoms with Crippen molar-refractivity contribution in [3.05, 3.63) is 39.9 Å². The lowest BCUT2D eigenvalue weighted by Crippen LogP contribution is -1.99. The molecule has 0 aliphatic heterocycles. The molecule has 4 nitrogen and oxygen atoms in total. The molecule has 0 aromatic carbocycles. The summed E-state index contributed by atoms with van der Waals surface area (Å²) in [6.45, 7) is 1.72. The topological polar surface area (TPSA) is 50.9 Å². The van der Waals surface area contributed by atoms with E-state index in [-0.39, 0.29) is 0 Å². The minimum Gasteiger partial charge on any atom is -0.389 e. The predicted octanol–water partition coefficient (Wildman–Crippen LogP) is 1.93. The summed E-state index contributed by atoms with van der Waals surface area (Å²) >= 11 is 2.19. The second-order valence-corrected chi connectivity index (χ2v) is 4.47. The van der Waals surface area contributed by atoms with Gasteiger partial charge in [0, 0.05) is 12.4 Å². The smallest absolute Gasteiger partial charge is 0.153 e. The summed E-state index contributed by atoms with van der Waals surface area (Å²) < 4.78 is 2.77. The summed E-state index contributed by atoms with van der Waals surface area (Å²) in [5.74, 6) is 0.752. The molecule has 2 aromatic rings. The van der Waals surface area contributed by atoms with Crippen LogP contribution >= 0.6 is 22.6 Å². The van der Waals surface area contributed by atoms with Crippen molar-refractivity contribution < 1.29 is 5.11 Å². The van der Waals surface area contributed by atoms with Crippen molar-refractivity contribution in [2.75, 3.05) is 0 Å². The molecule has 0 aliphatic carbocycles. The molecular formula is C10H10IN3O. The van der Waals surface area contributed by atoms with Crippen molar-refractivity contribution in [3.63, 3.8) is 0 Å². The first kappa shape index (κ1) is 10.6. The Labute approximate surface area is 101 Å². The minimum absolute atomic E-state index is 0.482. The second-order valence-electron chi connectivity index (χ2n) is 3.23. The average molecular weight is 315 g/mol. The largest absolute Gasteiger partial charge is 0.389 e. The number of nitrogens with zero attached hydrogens (tertiary/aromatic N) is 3. The van der Waals surface area contributed by atoms with Gasteiger partial charge >= 0.3 is 0 Å². The van der Waals surface area contributed by atoms with Gasteiger partial charge in [-0.25, -0.2) is 9.67 Å². The molecule has 0 spiro atoms. The van der Waals surface area contributed by atoms with Crippen LogP contribution in [0.2, 0.25) is 0 Å². The van der Waals surface area contributed by atoms with Gasteiger partial charge in [-0.3, -0.25) is 0 Å². The van der Waals surface area contributed by atoms with Crippen molar-refractivity contribution >= 4 is 22.6 Å². The van der Waals surface area contributed by atoms with Gasteiger partial charge in [-0.05, 0) is 41.1 Å². The third-order valence-corrected chi connectivity index (χ3v) is 2.60. The minimum atomic E-state index is -0.482. The fourth-order valence-electron chi connectivity index (χ4n) is 1.21. The van der Waals surface area contributed by atoms with E-state index in [4.69, 9.17) is 0 Å². The SMILES string of the molecule is C[C@@H](O)c1ccc(-n2cc(I)cn2)nc1. The third kappa shape index (κ3) is 2.35. The van der Waals surface area contributed by atoms with E-state index in [1.807, 2.05) is 18.3 Å². The first-order valence-electron chi connectivity index (χ1n) is 4.51. The molecule has 1 N–H and O–H groups in total. The van der Waals surface area contributed by atoms with E-state index in [1.165, 1.54) is 0 Å². The summed E-state index contributed by atoms with van der Waals surface area (Å²) in [6.07, 6.45) is 4.84. The lowest BCUT2D eigenvalue weighted by molar-refractivity contribution is 0.199. The van der Waals surface area contributed by atoms with Gasteiger partial charge in [0.2, 0.25) is 0 Å². The lowest BCUT2D eigenvalue weighted by Gasteiger charge is -2.04. The Kier molecular flexibility index (Phi) is 3.01. The maximum atomic E-state index is 9.33. The van der Waals surface area contributed by atoms with Crippen molar-refractivity contribution in [2.24, 2.45) is 0 Å². The first-order chi connectivity index (χ1) is 7.16. The highest BCUT2D eigenvalue weighted by atomic mass is 127. The van der Waals surface area contributed by atoms with E-state index in [1.54, 1.807) is 24.0 Å². The first-order valence-corrected chi connectivity index (χ1v) is 5.59. The van der Waals surface area contributed by atoms with E-state index in [9.17, 15) is 5.11 Å². The fourth-order valence-corrected chi connectivity index (χ4v) is 1.59. The number of hydrogen-bond acceptors (Lipinski definition) is 3. The van der Waals surface area contributed by atoms with E-state index in [0.29, 0.717) is 0 Å². The predicted molar refractivity (Wildman–Crippen MR) is 64.7 cm³/mol. The van der Waals surface area contributed by atoms with Crippen LogP contribution in [-0.2, 0) is 0 Å². The number of rotatable bonds is 2. The van der Waals surface area contributed by atoms with Crippen molar-refractivity contribution in [3.8, 4) is 5.82 Å². The van der Waals surface area contributed by atoms with E-state index < -0.39 is 6.10 Å². The molecule has 0 saturated carbocycles. The van der Waals surface area contributed by atoms with Crippen LogP contribution in [0.4, 0.5) is 0 Å². The Balaban J connectivity index is 2.31. The van der Waals surface area contributed by atoms with Gasteiger partial charge < -0.3 is 5.11 Å². The Bertz CT molecular complexity index is 450. The van der Waals surface area contributed by atoms with Crippen LogP contribution < -0.4 is 0 Å². The Hall–Kier alpha value is -0.950. The number of halogens is 1. The fraction of sp³-hybridized carbons (Fsp3) is 0.200. The quantitative estimate of drug-likeness (QED) is 0.862. The Morgan fingerprint density at radius 1 is 1.40 bits per heavy atom. The Morgan fingerprint density at radius 2 is 2.20 bits per heavy atom. The normalized spacial score (nSPS) is 12.7. The van der Waals surface area contributed by atoms with Crippen LogP contribution in [0.15, 0.2) is 30.7 Å². The van der Waals surface area contributed by atoms with Crippen LogP contribution in [0.5, 0.6) is 0 Å². The van der Waals surface area contributed by atoms with Crippen LogP contribution in [0.1, 0.15) is 18.6 Å². The molecule has 0 aliphatic rings. The number of hydrogen-bond donors (Lipinski definition) is 1. The Morgan fingerprint density at radius 3 is 2.67 bits per heavy atom. The van der Waals surface area contributed by atoms with Gasteiger partial charge in [-0.1, -0.05) is 6.07 Å². The maximum absolute atomic E-state index is 9.33. The van der Waals surface area contributed by atoms with E-state index in [0.717, 1.165) is 15.0 Å². The maximum Gasteiger partial charge on any atom is 0.153 e. The summed E-state index contributed by atoms with van der Waals surface area (Å²) in [7, 11) is 0. The average Bonchev–Trinajstić information content (AvgIpc) is 2.65. The molecule has 1 atom stereocenters. The number of aromatic nitrogens is 3. The molecule has 0 unspecified atom stereocenters. The highest BCUT2D eigenvalue weighted by molar-refractivity contribution is 14.1. The van der Waals surface area contributed by atoms with Crippen molar-refractivity contribution in [1.82, 2.24) is 14.8 Å². The third-order valence-electron chi connectivity index (χ3n) is 2.04. The standard InChI is InChI=1S/C10H10IN3O/c1-7(15)8-2-3-10(12-4-8)14-6-9(11)5-13-14/h2-7,15H,1H3/t7-/m1/s1. The van der Waals surface area contributed by atoms with Crippen LogP contribution in [0, 0.1) is 3.57 Å². The number of aliphatic hydroxyl groups excluding tert-OH is 1. The lowest BCUT2D eigenvalue weighted by atomic mass is 10.2. The van der Waals surface area contributed by atoms with Gasteiger partial charge in [0.1, 0.15) is 0 Å². The molecule has 15 heavy (non-hydrogen) atoms. The van der Waals surface area contributed by atoms with Gasteiger partial charge in [0.15, 0.2) is 5.82 Å². The molecule has 2 heterocycles. The molecule has 0 radical (unpaired) electrons. The van der Waals surface area contributed by atoms with Crippen LogP contribution in [-0.4, -0.2) is 19.9 Å². The molecule has 0 amide bonds. The van der Waals surface area contributed by atoms with Gasteiger partial charge in [-0.15, -0.1) is 0 Å². The zero-order chi connectivity index (χ0) is 10.8. The number of pyridine rings is 1. The van der Waals surface area contributed by atoms with Gasteiger partial charge in [0.25, 0.3) is 0 Å². The van der Waals surface area contributed by atoms with E-state index in [2.05, 4.69) is 32.7 Å². The molecule has 2 rings (SSSR count). The van der Waals surface area contributed by atoms with Gasteiger partial charge in [-0.2, -0.15) is 5.10 Å². The molecule has 0 fully saturated rings. The number of aliphatic hydroxyl groups is 1. The zero-order valence-corrected chi connectivity index (χ0v) is 10.3. The summed E-state index contributed by atoms with van der Waals surface area (Å²) in [5.41, 5.74) is 0.806. The molecule has 5 heteroatoms. The zero-order valence-electron chi connectivity index (χ0n) is 8.13. The van der Waals surface area contributed by atoms with Gasteiger partial charge in [0.05, 0.1) is 15.9 Å². The second kappa shape index (κ2) is 4.28. The molecule has 2 aromatic heterocycles. The molecular weight excluding hydrogens is 305 g/mol. The van der Waals surface area contributed by atoms with Crippen LogP contribution in [0.25, 0.3) is 5.82 Å². The molecule has 0 saturated heterocycles. The van der Waals surface area contributed by atoms with E-state index >= 15 is 0 Å². The molecule has 0 bridgehead atoms. The summed E-state index contributed by atoms with van der Waals surface area (Å²) in [5, 5.41) is 13.5. The molecule has 78 valence electrons. The van der Waals surface area contributed by atoms with Crippen LogP contribution in [0.3, 0.4) is 0 Å². The summed E-state index contributed by atoms with van der Waals surface area (Å²) in [6, 6.07) is 3.69. The monoisotopic (exact) mass is 315 g/mol. The highest BCUT2D eigenvalue weighted by Crippen LogP contribution is 2.12. The highest BCUT2D eigenvalue weighted by Gasteiger charge is 2.03. The van der Waals surface area contributed by atoms with Crippen molar-refractivity contribution in [1.29, 1.82) is 0 Å². The van der Waals surface area contributed by atoms with Crippen molar-refractivity contribution in [2.45, 2.75) is 13.0 Å².